The third-order valence-electron chi connectivity index (χ3n) is 7.30. The molecule has 5 rings (SSSR count). The Bertz CT molecular complexity index is 1240. The van der Waals surface area contributed by atoms with Gasteiger partial charge in [0.1, 0.15) is 17.0 Å². The summed E-state index contributed by atoms with van der Waals surface area (Å²) >= 11 is 5.91. The number of nitrogens with one attached hydrogen (secondary N) is 2. The summed E-state index contributed by atoms with van der Waals surface area (Å²) in [6.07, 6.45) is 7.72. The van der Waals surface area contributed by atoms with E-state index in [1.807, 2.05) is 19.9 Å². The fourth-order valence-electron chi connectivity index (χ4n) is 5.25. The van der Waals surface area contributed by atoms with Crippen LogP contribution in [0.2, 0.25) is 5.02 Å². The van der Waals surface area contributed by atoms with Crippen molar-refractivity contribution in [1.29, 1.82) is 0 Å². The Morgan fingerprint density at radius 1 is 1.06 bits per heavy atom. The Labute approximate surface area is 215 Å². The molecule has 36 heavy (non-hydrogen) atoms. The Hall–Kier alpha value is -2.97. The number of pyridine rings is 2. The van der Waals surface area contributed by atoms with E-state index in [0.717, 1.165) is 31.4 Å². The minimum atomic E-state index is -0.512. The number of furan rings is 1. The molecule has 2 aliphatic rings. The average molecular weight is 510 g/mol. The van der Waals surface area contributed by atoms with E-state index in [1.54, 1.807) is 18.2 Å². The number of aromatic nitrogens is 2. The van der Waals surface area contributed by atoms with Crippen molar-refractivity contribution in [2.24, 2.45) is 5.92 Å². The molecule has 0 bridgehead atoms. The molecule has 2 amide bonds. The molecule has 2 N–H and O–H groups in total. The molecular weight excluding hydrogens is 478 g/mol. The number of anilines is 2. The number of hydrogen-bond donors (Lipinski definition) is 2. The summed E-state index contributed by atoms with van der Waals surface area (Å²) in [4.78, 5) is 38.0. The molecule has 2 fully saturated rings. The van der Waals surface area contributed by atoms with Gasteiger partial charge in [0.05, 0.1) is 5.02 Å². The fourth-order valence-corrected chi connectivity index (χ4v) is 5.36. The quantitative estimate of drug-likeness (QED) is 0.432. The first kappa shape index (κ1) is 24.7. The Balaban J connectivity index is 1.38. The summed E-state index contributed by atoms with van der Waals surface area (Å²) in [7, 11) is 0. The first-order valence-electron chi connectivity index (χ1n) is 12.8. The zero-order valence-electron chi connectivity index (χ0n) is 20.7. The molecule has 0 spiro atoms. The topological polar surface area (TPSA) is 100 Å². The van der Waals surface area contributed by atoms with Gasteiger partial charge in [-0.15, -0.1) is 0 Å². The van der Waals surface area contributed by atoms with E-state index in [9.17, 15) is 9.59 Å². The van der Waals surface area contributed by atoms with Crippen LogP contribution in [-0.4, -0.2) is 45.8 Å². The van der Waals surface area contributed by atoms with Gasteiger partial charge < -0.3 is 20.0 Å². The second-order valence-electron chi connectivity index (χ2n) is 10.1. The number of amides is 2. The standard InChI is InChI=1S/C27H32ClN5O3/c1-16(2)20-10-11-21-23(30-20)24(25(36-21)27(35)31-22-12-7-18(28)15-29-22)32-26(34)17-5-8-19(9-6-17)33-13-3-4-14-33/h7,10-12,15-17,19H,3-6,8-9,13-14H2,1-2H3,(H,32,34)(H,29,31,35)/t17-,19-. The highest BCUT2D eigenvalue weighted by Gasteiger charge is 2.32. The third kappa shape index (κ3) is 5.25. The number of halogens is 1. The first-order valence-corrected chi connectivity index (χ1v) is 13.2. The Kier molecular flexibility index (Phi) is 7.25. The molecule has 3 aromatic rings. The van der Waals surface area contributed by atoms with Crippen molar-refractivity contribution in [3.8, 4) is 0 Å². The van der Waals surface area contributed by atoms with Crippen molar-refractivity contribution in [3.05, 3.63) is 46.9 Å². The maximum Gasteiger partial charge on any atom is 0.294 e. The predicted octanol–water partition coefficient (Wildman–Crippen LogP) is 5.85. The van der Waals surface area contributed by atoms with Crippen molar-refractivity contribution in [3.63, 3.8) is 0 Å². The summed E-state index contributed by atoms with van der Waals surface area (Å²) in [6, 6.07) is 7.50. The van der Waals surface area contributed by atoms with Crippen LogP contribution in [0.3, 0.4) is 0 Å². The summed E-state index contributed by atoms with van der Waals surface area (Å²) < 4.78 is 5.91. The highest BCUT2D eigenvalue weighted by atomic mass is 35.5. The van der Waals surface area contributed by atoms with Gasteiger partial charge in [0.15, 0.2) is 5.58 Å². The van der Waals surface area contributed by atoms with Gasteiger partial charge in [-0.2, -0.15) is 0 Å². The Morgan fingerprint density at radius 2 is 1.81 bits per heavy atom. The normalized spacial score (nSPS) is 20.7. The summed E-state index contributed by atoms with van der Waals surface area (Å²) in [5.41, 5.74) is 2.10. The smallest absolute Gasteiger partial charge is 0.294 e. The number of rotatable bonds is 6. The lowest BCUT2D eigenvalue weighted by Gasteiger charge is -2.33. The summed E-state index contributed by atoms with van der Waals surface area (Å²) in [5, 5.41) is 6.21. The lowest BCUT2D eigenvalue weighted by Crippen LogP contribution is -2.38. The lowest BCUT2D eigenvalue weighted by atomic mass is 9.85. The molecule has 1 aliphatic heterocycles. The van der Waals surface area contributed by atoms with Crippen LogP contribution in [0.25, 0.3) is 11.1 Å². The largest absolute Gasteiger partial charge is 0.447 e. The molecule has 0 aromatic carbocycles. The van der Waals surface area contributed by atoms with Crippen molar-refractivity contribution in [2.75, 3.05) is 23.7 Å². The molecule has 4 heterocycles. The van der Waals surface area contributed by atoms with Crippen molar-refractivity contribution in [1.82, 2.24) is 14.9 Å². The minimum absolute atomic E-state index is 0.00857. The fraction of sp³-hybridized carbons (Fsp3) is 0.481. The van der Waals surface area contributed by atoms with Gasteiger partial charge in [0, 0.05) is 23.9 Å². The Morgan fingerprint density at radius 3 is 2.47 bits per heavy atom. The molecule has 190 valence electrons. The molecule has 0 atom stereocenters. The maximum atomic E-state index is 13.4. The van der Waals surface area contributed by atoms with Crippen LogP contribution < -0.4 is 10.6 Å². The zero-order chi connectivity index (χ0) is 25.2. The number of carbonyl (C=O) groups is 2. The van der Waals surface area contributed by atoms with E-state index in [2.05, 4.69) is 20.5 Å². The highest BCUT2D eigenvalue weighted by molar-refractivity contribution is 6.30. The van der Waals surface area contributed by atoms with Gasteiger partial charge in [-0.25, -0.2) is 9.97 Å². The zero-order valence-corrected chi connectivity index (χ0v) is 21.5. The maximum absolute atomic E-state index is 13.4. The van der Waals surface area contributed by atoms with Crippen LogP contribution in [0.4, 0.5) is 11.5 Å². The molecule has 9 heteroatoms. The molecule has 1 aliphatic carbocycles. The first-order chi connectivity index (χ1) is 17.4. The number of nitrogens with zero attached hydrogens (tertiary/aromatic N) is 3. The van der Waals surface area contributed by atoms with E-state index in [1.165, 1.54) is 32.1 Å². The van der Waals surface area contributed by atoms with Crippen molar-refractivity contribution < 1.29 is 14.0 Å². The van der Waals surface area contributed by atoms with Gasteiger partial charge in [0.2, 0.25) is 11.7 Å². The van der Waals surface area contributed by atoms with Gasteiger partial charge in [-0.3, -0.25) is 9.59 Å². The number of hydrogen-bond acceptors (Lipinski definition) is 6. The molecule has 3 aromatic heterocycles. The number of carbonyl (C=O) groups excluding carboxylic acids is 2. The van der Waals surface area contributed by atoms with E-state index in [4.69, 9.17) is 21.0 Å². The second kappa shape index (κ2) is 10.6. The van der Waals surface area contributed by atoms with E-state index >= 15 is 0 Å². The van der Waals surface area contributed by atoms with Gasteiger partial charge in [-0.05, 0) is 81.8 Å². The van der Waals surface area contributed by atoms with Crippen molar-refractivity contribution >= 4 is 46.0 Å². The molecule has 0 radical (unpaired) electrons. The molecule has 0 unspecified atom stereocenters. The van der Waals surface area contributed by atoms with E-state index < -0.39 is 5.91 Å². The van der Waals surface area contributed by atoms with Gasteiger partial charge in [0.25, 0.3) is 5.91 Å². The summed E-state index contributed by atoms with van der Waals surface area (Å²) in [6.45, 7) is 6.44. The van der Waals surface area contributed by atoms with Crippen molar-refractivity contribution in [2.45, 2.75) is 64.3 Å². The van der Waals surface area contributed by atoms with Gasteiger partial charge in [-0.1, -0.05) is 25.4 Å². The predicted molar refractivity (Wildman–Crippen MR) is 140 cm³/mol. The van der Waals surface area contributed by atoms with Crippen LogP contribution in [0, 0.1) is 5.92 Å². The van der Waals surface area contributed by atoms with Crippen LogP contribution in [0.15, 0.2) is 34.9 Å². The molecule has 1 saturated carbocycles. The van der Waals surface area contributed by atoms with E-state index in [-0.39, 0.29) is 23.5 Å². The van der Waals surface area contributed by atoms with Crippen LogP contribution in [0.1, 0.15) is 74.5 Å². The average Bonchev–Trinajstić information content (AvgIpc) is 3.54. The molecule has 1 saturated heterocycles. The van der Waals surface area contributed by atoms with E-state index in [0.29, 0.717) is 33.7 Å². The second-order valence-corrected chi connectivity index (χ2v) is 10.5. The summed E-state index contributed by atoms with van der Waals surface area (Å²) in [5.74, 6) is -0.178. The van der Waals surface area contributed by atoms with Crippen LogP contribution >= 0.6 is 11.6 Å². The number of fused-ring (bicyclic) bond motifs is 1. The third-order valence-corrected chi connectivity index (χ3v) is 7.52. The highest BCUT2D eigenvalue weighted by Crippen LogP contribution is 2.34. The van der Waals surface area contributed by atoms with Crippen LogP contribution in [0.5, 0.6) is 0 Å². The minimum Gasteiger partial charge on any atom is -0.447 e. The van der Waals surface area contributed by atoms with Gasteiger partial charge >= 0.3 is 0 Å². The van der Waals surface area contributed by atoms with Crippen LogP contribution in [-0.2, 0) is 4.79 Å². The monoisotopic (exact) mass is 509 g/mol. The number of likely N-dealkylation sites (tertiary alicyclic amines) is 1. The molecule has 8 nitrogen and oxygen atoms in total. The SMILES string of the molecule is CC(C)c1ccc2oc(C(=O)Nc3ccc(Cl)cn3)c(NC(=O)[C@H]3CC[C@H](N4CCCC4)CC3)c2n1. The lowest BCUT2D eigenvalue weighted by molar-refractivity contribution is -0.121. The molecular formula is C27H32ClN5O3.